The molecule has 4 heterocycles. The fourth-order valence-electron chi connectivity index (χ4n) is 4.68. The summed E-state index contributed by atoms with van der Waals surface area (Å²) in [6, 6.07) is 9.53. The Bertz CT molecular complexity index is 1120. The second-order valence-corrected chi connectivity index (χ2v) is 8.66. The largest absolute Gasteiger partial charge is 0.734 e. The van der Waals surface area contributed by atoms with Gasteiger partial charge in [0.05, 0.1) is 16.7 Å². The van der Waals surface area contributed by atoms with Gasteiger partial charge in [0.2, 0.25) is 0 Å². The van der Waals surface area contributed by atoms with Crippen LogP contribution in [0.4, 0.5) is 19.5 Å². The topological polar surface area (TPSA) is 28.4 Å². The molecular weight excluding hydrogens is 379 g/mol. The van der Waals surface area contributed by atoms with Crippen molar-refractivity contribution in [3.63, 3.8) is 0 Å². The molecule has 6 rings (SSSR count). The van der Waals surface area contributed by atoms with E-state index in [0.29, 0.717) is 5.75 Å². The van der Waals surface area contributed by atoms with Crippen molar-refractivity contribution in [3.05, 3.63) is 47.0 Å². The van der Waals surface area contributed by atoms with Crippen molar-refractivity contribution in [1.29, 1.82) is 0 Å². The van der Waals surface area contributed by atoms with Crippen LogP contribution in [0.1, 0.15) is 29.5 Å². The first-order valence-electron chi connectivity index (χ1n) is 9.73. The molecule has 2 aromatic carbocycles. The molecule has 8 heteroatoms. The Morgan fingerprint density at radius 3 is 2.82 bits per heavy atom. The molecule has 0 aliphatic carbocycles. The Labute approximate surface area is 165 Å². The van der Waals surface area contributed by atoms with Crippen molar-refractivity contribution in [2.75, 3.05) is 18.0 Å². The van der Waals surface area contributed by atoms with Crippen LogP contribution in [0.25, 0.3) is 10.2 Å². The number of benzene rings is 2. The summed E-state index contributed by atoms with van der Waals surface area (Å²) in [5.74, 6) is 0.368. The van der Waals surface area contributed by atoms with Crippen molar-refractivity contribution < 1.29 is 17.8 Å². The highest BCUT2D eigenvalue weighted by Gasteiger charge is 2.47. The summed E-state index contributed by atoms with van der Waals surface area (Å²) in [6.45, 7) is 2.00. The second kappa shape index (κ2) is 5.76. The molecule has 0 saturated heterocycles. The van der Waals surface area contributed by atoms with E-state index in [2.05, 4.69) is 9.88 Å². The molecule has 3 aliphatic heterocycles. The molecule has 0 unspecified atom stereocenters. The lowest BCUT2D eigenvalue weighted by atomic mass is 9.87. The smallest absolute Gasteiger partial charge is 0.622 e. The quantitative estimate of drug-likeness (QED) is 0.565. The maximum Gasteiger partial charge on any atom is 0.734 e. The van der Waals surface area contributed by atoms with Gasteiger partial charge in [0.1, 0.15) is 0 Å². The van der Waals surface area contributed by atoms with Crippen LogP contribution in [-0.2, 0) is 12.8 Å². The number of hydrogen-bond acceptors (Lipinski definition) is 4. The molecule has 0 amide bonds. The Morgan fingerprint density at radius 1 is 1.14 bits per heavy atom. The summed E-state index contributed by atoms with van der Waals surface area (Å²) < 4.78 is 37.5. The normalized spacial score (nSPS) is 19.6. The average molecular weight is 397 g/mol. The fourth-order valence-corrected chi connectivity index (χ4v) is 5.67. The lowest BCUT2D eigenvalue weighted by molar-refractivity contribution is -0.343. The molecule has 0 spiro atoms. The van der Waals surface area contributed by atoms with Gasteiger partial charge >= 0.3 is 12.2 Å². The van der Waals surface area contributed by atoms with Crippen molar-refractivity contribution in [3.8, 4) is 5.75 Å². The van der Waals surface area contributed by atoms with Crippen LogP contribution < -0.4 is 9.55 Å². The molecule has 3 aliphatic rings. The molecule has 0 radical (unpaired) electrons. The van der Waals surface area contributed by atoms with Gasteiger partial charge in [-0.15, -0.1) is 0 Å². The van der Waals surface area contributed by atoms with E-state index < -0.39 is 7.04 Å². The van der Waals surface area contributed by atoms with E-state index in [1.54, 1.807) is 6.21 Å². The third-order valence-electron chi connectivity index (χ3n) is 5.87. The molecule has 0 atom stereocenters. The first-order chi connectivity index (χ1) is 13.6. The van der Waals surface area contributed by atoms with Crippen LogP contribution in [0.5, 0.6) is 5.75 Å². The van der Waals surface area contributed by atoms with Crippen LogP contribution in [-0.4, -0.2) is 35.8 Å². The van der Waals surface area contributed by atoms with E-state index in [4.69, 9.17) is 4.65 Å². The maximum atomic E-state index is 15.1. The number of fused-ring (bicyclic) bond motifs is 3. The number of nitrogens with zero attached hydrogens (tertiary/aromatic N) is 3. The van der Waals surface area contributed by atoms with Gasteiger partial charge in [-0.25, -0.2) is 0 Å². The summed E-state index contributed by atoms with van der Waals surface area (Å²) in [6.07, 6.45) is 5.41. The molecule has 0 saturated carbocycles. The van der Waals surface area contributed by atoms with Crippen molar-refractivity contribution in [1.82, 2.24) is 4.98 Å². The molecule has 0 N–H and O–H groups in total. The monoisotopic (exact) mass is 397 g/mol. The Hall–Kier alpha value is -2.48. The van der Waals surface area contributed by atoms with E-state index in [9.17, 15) is 0 Å². The van der Waals surface area contributed by atoms with Gasteiger partial charge in [-0.2, -0.15) is 0 Å². The van der Waals surface area contributed by atoms with Gasteiger partial charge in [-0.1, -0.05) is 12.1 Å². The van der Waals surface area contributed by atoms with Gasteiger partial charge in [0, 0.05) is 29.9 Å². The van der Waals surface area contributed by atoms with E-state index >= 15 is 8.63 Å². The van der Waals surface area contributed by atoms with Crippen molar-refractivity contribution >= 4 is 45.6 Å². The van der Waals surface area contributed by atoms with E-state index in [1.807, 2.05) is 30.3 Å². The number of halogens is 2. The lowest BCUT2D eigenvalue weighted by Crippen LogP contribution is -2.47. The highest BCUT2D eigenvalue weighted by molar-refractivity contribution is 7.21. The van der Waals surface area contributed by atoms with Crippen LogP contribution in [0.15, 0.2) is 30.3 Å². The van der Waals surface area contributed by atoms with Crippen LogP contribution in [0.3, 0.4) is 0 Å². The third kappa shape index (κ3) is 2.33. The summed E-state index contributed by atoms with van der Waals surface area (Å²) in [5, 5.41) is 0.268. The molecule has 28 heavy (non-hydrogen) atoms. The highest BCUT2D eigenvalue weighted by Crippen LogP contribution is 2.45. The predicted molar refractivity (Wildman–Crippen MR) is 109 cm³/mol. The first-order valence-corrected chi connectivity index (χ1v) is 10.5. The predicted octanol–water partition coefficient (Wildman–Crippen LogP) is 4.53. The van der Waals surface area contributed by atoms with Crippen LogP contribution in [0, 0.1) is 0 Å². The number of thiazole rings is 1. The first kappa shape index (κ1) is 16.5. The van der Waals surface area contributed by atoms with Gasteiger partial charge in [0.15, 0.2) is 5.52 Å². The SMILES string of the molecule is F[B-]1(F)Oc2c(cc3c4c2CCCN4CCC3)C=[N+]1c1nc2ccccc2s1. The Balaban J connectivity index is 1.56. The maximum absolute atomic E-state index is 15.1. The molecule has 1 aromatic heterocycles. The van der Waals surface area contributed by atoms with E-state index in [-0.39, 0.29) is 5.13 Å². The number of para-hydroxylation sites is 1. The number of rotatable bonds is 1. The number of aryl methyl sites for hydroxylation is 1. The average Bonchev–Trinajstić information content (AvgIpc) is 3.12. The minimum Gasteiger partial charge on any atom is -0.622 e. The number of anilines is 1. The fraction of sp³-hybridized carbons (Fsp3) is 0.300. The molecule has 0 fully saturated rings. The summed E-state index contributed by atoms with van der Waals surface area (Å²) >= 11 is 1.26. The zero-order chi connectivity index (χ0) is 18.9. The Morgan fingerprint density at radius 2 is 1.96 bits per heavy atom. The molecule has 0 bridgehead atoms. The van der Waals surface area contributed by atoms with Crippen molar-refractivity contribution in [2.24, 2.45) is 0 Å². The van der Waals surface area contributed by atoms with Crippen LogP contribution >= 0.6 is 11.3 Å². The van der Waals surface area contributed by atoms with Crippen LogP contribution in [0.2, 0.25) is 0 Å². The zero-order valence-corrected chi connectivity index (χ0v) is 16.0. The van der Waals surface area contributed by atoms with Gasteiger partial charge in [0.25, 0.3) is 0 Å². The van der Waals surface area contributed by atoms with E-state index in [0.717, 1.165) is 70.3 Å². The number of aromatic nitrogens is 1. The molecule has 3 aromatic rings. The third-order valence-corrected chi connectivity index (χ3v) is 6.92. The highest BCUT2D eigenvalue weighted by atomic mass is 32.1. The van der Waals surface area contributed by atoms with Gasteiger partial charge in [-0.05, 0) is 65.8 Å². The standard InChI is InChI=1S/C20H18BF2N3OS/c22-21(23)26(20-24-16-7-1-2-8-17(16)28-20)12-14-11-13-5-3-9-25-10-4-6-15(18(13)25)19(14)27-21/h1-2,7-8,11-12H,3-6,9-10H2. The lowest BCUT2D eigenvalue weighted by Gasteiger charge is -2.40. The Kier molecular flexibility index (Phi) is 3.39. The van der Waals surface area contributed by atoms with Crippen molar-refractivity contribution in [2.45, 2.75) is 25.7 Å². The second-order valence-electron chi connectivity index (χ2n) is 7.65. The summed E-state index contributed by atoms with van der Waals surface area (Å²) in [7, 11) is -4.23. The summed E-state index contributed by atoms with van der Waals surface area (Å²) in [4.78, 5) is 6.76. The number of hydrogen-bond donors (Lipinski definition) is 0. The summed E-state index contributed by atoms with van der Waals surface area (Å²) in [5.41, 5.74) is 4.82. The minimum absolute atomic E-state index is 0.268. The zero-order valence-electron chi connectivity index (χ0n) is 15.2. The molecule has 4 nitrogen and oxygen atoms in total. The van der Waals surface area contributed by atoms with Gasteiger partial charge in [-0.3, -0.25) is 0 Å². The van der Waals surface area contributed by atoms with E-state index in [1.165, 1.54) is 16.9 Å². The minimum atomic E-state index is -4.23. The van der Waals surface area contributed by atoms with Gasteiger partial charge < -0.3 is 22.7 Å². The molecular formula is C20H18BF2N3OS. The molecule has 142 valence electrons.